The van der Waals surface area contributed by atoms with Crippen LogP contribution in [0.1, 0.15) is 23.1 Å². The van der Waals surface area contributed by atoms with Crippen LogP contribution in [0.5, 0.6) is 0 Å². The zero-order chi connectivity index (χ0) is 23.5. The summed E-state index contributed by atoms with van der Waals surface area (Å²) >= 11 is 0. The molecule has 2 heterocycles. The molecule has 178 valence electrons. The number of rotatable bonds is 5. The lowest BCUT2D eigenvalue weighted by Gasteiger charge is -2.34. The minimum Gasteiger partial charge on any atom is -0.380 e. The number of anilines is 3. The number of carbonyl (C=O) groups is 3. The Morgan fingerprint density at radius 2 is 2.09 bits per heavy atom. The molecule has 10 nitrogen and oxygen atoms in total. The summed E-state index contributed by atoms with van der Waals surface area (Å²) < 4.78 is 5.44. The number of hydrogen-bond donors (Lipinski definition) is 4. The van der Waals surface area contributed by atoms with Crippen LogP contribution < -0.4 is 21.3 Å². The van der Waals surface area contributed by atoms with Gasteiger partial charge in [-0.3, -0.25) is 14.4 Å². The first kappa shape index (κ1) is 25.1. The molecule has 4 rings (SSSR count). The van der Waals surface area contributed by atoms with Crippen molar-refractivity contribution in [3.05, 3.63) is 53.1 Å². The number of nitriles is 1. The second-order valence-electron chi connectivity index (χ2n) is 7.79. The largest absolute Gasteiger partial charge is 0.380 e. The van der Waals surface area contributed by atoms with E-state index < -0.39 is 24.0 Å². The Bertz CT molecular complexity index is 1160. The number of nitrogens with two attached hydrogens (primary N) is 1. The third kappa shape index (κ3) is 5.03. The molecule has 0 aliphatic carbocycles. The number of morpholine rings is 1. The number of carbonyl (C=O) groups excluding carboxylic acids is 3. The third-order valence-corrected chi connectivity index (χ3v) is 5.69. The standard InChI is InChI=1S/C23H23N5O5.ClH/c24-11-14-1-4-16(9-15(14)12-25)26-22(31)20(30)21-23(32)28(7-8-33-21)17-5-2-13-3-6-19(29)27-18(13)10-17;/h1-2,4-5,9-10,20-21,30H,3,6-8,12,25H2,(H,26,31)(H,27,29);1H/t20-,21-;/m1./s1. The Hall–Kier alpha value is -3.49. The minimum atomic E-state index is -1.76. The number of nitrogens with one attached hydrogen (secondary N) is 2. The molecule has 2 aliphatic rings. The van der Waals surface area contributed by atoms with E-state index in [1.54, 1.807) is 18.2 Å². The second-order valence-corrected chi connectivity index (χ2v) is 7.79. The fraction of sp³-hybridized carbons (Fsp3) is 0.304. The first-order valence-corrected chi connectivity index (χ1v) is 10.5. The molecule has 11 heteroatoms. The van der Waals surface area contributed by atoms with Gasteiger partial charge in [0.2, 0.25) is 5.91 Å². The van der Waals surface area contributed by atoms with Gasteiger partial charge in [0.25, 0.3) is 11.8 Å². The van der Waals surface area contributed by atoms with Crippen molar-refractivity contribution in [1.82, 2.24) is 0 Å². The fourth-order valence-corrected chi connectivity index (χ4v) is 3.92. The van der Waals surface area contributed by atoms with E-state index in [1.807, 2.05) is 12.1 Å². The molecule has 0 bridgehead atoms. The van der Waals surface area contributed by atoms with Crippen LogP contribution in [0, 0.1) is 11.3 Å². The van der Waals surface area contributed by atoms with E-state index in [2.05, 4.69) is 10.6 Å². The summed E-state index contributed by atoms with van der Waals surface area (Å²) in [5.41, 5.74) is 9.07. The van der Waals surface area contributed by atoms with Crippen molar-refractivity contribution in [2.45, 2.75) is 31.6 Å². The fourth-order valence-electron chi connectivity index (χ4n) is 3.92. The molecule has 2 aromatic rings. The van der Waals surface area contributed by atoms with Crippen molar-refractivity contribution in [1.29, 1.82) is 5.26 Å². The molecule has 0 saturated carbocycles. The highest BCUT2D eigenvalue weighted by Gasteiger charge is 2.39. The van der Waals surface area contributed by atoms with Crippen LogP contribution >= 0.6 is 12.4 Å². The summed E-state index contributed by atoms with van der Waals surface area (Å²) in [5, 5.41) is 25.0. The maximum absolute atomic E-state index is 13.1. The highest BCUT2D eigenvalue weighted by molar-refractivity contribution is 6.04. The molecule has 0 unspecified atom stereocenters. The van der Waals surface area contributed by atoms with E-state index in [9.17, 15) is 19.5 Å². The van der Waals surface area contributed by atoms with Gasteiger partial charge in [-0.1, -0.05) is 6.07 Å². The maximum atomic E-state index is 13.1. The van der Waals surface area contributed by atoms with E-state index in [1.165, 1.54) is 17.0 Å². The lowest BCUT2D eigenvalue weighted by molar-refractivity contribution is -0.150. The summed E-state index contributed by atoms with van der Waals surface area (Å²) in [6.07, 6.45) is -2.11. The molecule has 0 aromatic heterocycles. The molecule has 1 fully saturated rings. The van der Waals surface area contributed by atoms with E-state index >= 15 is 0 Å². The molecule has 2 aliphatic heterocycles. The van der Waals surface area contributed by atoms with Gasteiger partial charge in [-0.25, -0.2) is 0 Å². The number of nitrogens with zero attached hydrogens (tertiary/aromatic N) is 2. The quantitative estimate of drug-likeness (QED) is 0.492. The monoisotopic (exact) mass is 485 g/mol. The molecule has 0 spiro atoms. The second kappa shape index (κ2) is 10.6. The van der Waals surface area contributed by atoms with Gasteiger partial charge in [-0.2, -0.15) is 5.26 Å². The van der Waals surface area contributed by atoms with Crippen LogP contribution in [0.2, 0.25) is 0 Å². The van der Waals surface area contributed by atoms with Gasteiger partial charge in [0, 0.05) is 36.6 Å². The van der Waals surface area contributed by atoms with Crippen LogP contribution in [0.15, 0.2) is 36.4 Å². The molecule has 5 N–H and O–H groups in total. The van der Waals surface area contributed by atoms with Gasteiger partial charge < -0.3 is 31.1 Å². The number of aryl methyl sites for hydroxylation is 1. The summed E-state index contributed by atoms with van der Waals surface area (Å²) in [6, 6.07) is 11.9. The summed E-state index contributed by atoms with van der Waals surface area (Å²) in [6.45, 7) is 0.472. The number of amides is 3. The zero-order valence-electron chi connectivity index (χ0n) is 18.1. The van der Waals surface area contributed by atoms with Crippen molar-refractivity contribution < 1.29 is 24.2 Å². The van der Waals surface area contributed by atoms with E-state index in [0.717, 1.165) is 5.56 Å². The zero-order valence-corrected chi connectivity index (χ0v) is 18.9. The number of hydrogen-bond acceptors (Lipinski definition) is 7. The Labute approximate surface area is 202 Å². The van der Waals surface area contributed by atoms with Crippen molar-refractivity contribution >= 4 is 47.2 Å². The van der Waals surface area contributed by atoms with Gasteiger partial charge in [0.15, 0.2) is 12.2 Å². The predicted molar refractivity (Wildman–Crippen MR) is 126 cm³/mol. The maximum Gasteiger partial charge on any atom is 0.259 e. The van der Waals surface area contributed by atoms with E-state index in [-0.39, 0.29) is 38.0 Å². The Kier molecular flexibility index (Phi) is 7.86. The van der Waals surface area contributed by atoms with Gasteiger partial charge in [0.1, 0.15) is 0 Å². The molecule has 3 amide bonds. The number of halogens is 1. The number of aliphatic hydroxyl groups excluding tert-OH is 1. The minimum absolute atomic E-state index is 0. The molecular weight excluding hydrogens is 462 g/mol. The molecule has 2 aromatic carbocycles. The smallest absolute Gasteiger partial charge is 0.259 e. The number of aliphatic hydroxyl groups is 1. The van der Waals surface area contributed by atoms with Gasteiger partial charge in [-0.05, 0) is 47.9 Å². The molecular formula is C23H24ClN5O5. The van der Waals surface area contributed by atoms with Crippen LogP contribution in [0.3, 0.4) is 0 Å². The highest BCUT2D eigenvalue weighted by Crippen LogP contribution is 2.29. The first-order valence-electron chi connectivity index (χ1n) is 10.5. The molecule has 2 atom stereocenters. The highest BCUT2D eigenvalue weighted by atomic mass is 35.5. The molecule has 34 heavy (non-hydrogen) atoms. The SMILES string of the molecule is Cl.N#Cc1ccc(NC(=O)[C@H](O)[C@H]2OCCN(c3ccc4c(c3)NC(=O)CC4)C2=O)cc1CN. The predicted octanol–water partition coefficient (Wildman–Crippen LogP) is 1.05. The summed E-state index contributed by atoms with van der Waals surface area (Å²) in [5.74, 6) is -1.47. The lowest BCUT2D eigenvalue weighted by Crippen LogP contribution is -2.55. The molecule has 1 saturated heterocycles. The van der Waals surface area contributed by atoms with Gasteiger partial charge in [-0.15, -0.1) is 12.4 Å². The topological polar surface area (TPSA) is 158 Å². The first-order chi connectivity index (χ1) is 15.9. The number of fused-ring (bicyclic) bond motifs is 1. The third-order valence-electron chi connectivity index (χ3n) is 5.69. The average molecular weight is 486 g/mol. The van der Waals surface area contributed by atoms with Crippen LogP contribution in [0.4, 0.5) is 17.1 Å². The lowest BCUT2D eigenvalue weighted by atomic mass is 10.0. The van der Waals surface area contributed by atoms with Crippen LogP contribution in [-0.4, -0.2) is 48.2 Å². The average Bonchev–Trinajstić information content (AvgIpc) is 2.83. The van der Waals surface area contributed by atoms with Gasteiger partial charge in [0.05, 0.1) is 18.2 Å². The Morgan fingerprint density at radius 3 is 2.82 bits per heavy atom. The van der Waals surface area contributed by atoms with Crippen LogP contribution in [0.25, 0.3) is 0 Å². The summed E-state index contributed by atoms with van der Waals surface area (Å²) in [4.78, 5) is 38.8. The Balaban J connectivity index is 0.00000324. The van der Waals surface area contributed by atoms with Crippen molar-refractivity contribution in [3.63, 3.8) is 0 Å². The molecule has 0 radical (unpaired) electrons. The van der Waals surface area contributed by atoms with Crippen molar-refractivity contribution in [2.75, 3.05) is 28.7 Å². The number of benzene rings is 2. The van der Waals surface area contributed by atoms with E-state index in [0.29, 0.717) is 41.0 Å². The normalized spacial score (nSPS) is 18.1. The Morgan fingerprint density at radius 1 is 1.29 bits per heavy atom. The van der Waals surface area contributed by atoms with Gasteiger partial charge >= 0.3 is 0 Å². The van der Waals surface area contributed by atoms with Crippen molar-refractivity contribution in [2.24, 2.45) is 5.73 Å². The number of ether oxygens (including phenoxy) is 1. The van der Waals surface area contributed by atoms with Crippen LogP contribution in [-0.2, 0) is 32.1 Å². The van der Waals surface area contributed by atoms with Crippen molar-refractivity contribution in [3.8, 4) is 6.07 Å². The van der Waals surface area contributed by atoms with E-state index in [4.69, 9.17) is 15.7 Å². The summed E-state index contributed by atoms with van der Waals surface area (Å²) in [7, 11) is 0.